The number of hydrogen-bond acceptors (Lipinski definition) is 1. The van der Waals surface area contributed by atoms with Crippen LogP contribution in [0.5, 0.6) is 0 Å². The molecule has 1 heterocycles. The molecule has 0 spiro atoms. The molecule has 2 N–H and O–H groups in total. The molecule has 0 saturated carbocycles. The van der Waals surface area contributed by atoms with Crippen molar-refractivity contribution in [2.75, 3.05) is 0 Å². The van der Waals surface area contributed by atoms with Crippen molar-refractivity contribution < 1.29 is 9.90 Å². The number of rotatable bonds is 4. The van der Waals surface area contributed by atoms with Crippen LogP contribution in [0, 0.1) is 13.8 Å². The molecule has 124 valence electrons. The second-order valence-corrected chi connectivity index (χ2v) is 6.83. The predicted molar refractivity (Wildman–Crippen MR) is 98.6 cm³/mol. The Morgan fingerprint density at radius 1 is 1.12 bits per heavy atom. The Hall–Kier alpha value is -2.55. The quantitative estimate of drug-likeness (QED) is 0.693. The van der Waals surface area contributed by atoms with Crippen molar-refractivity contribution in [3.63, 3.8) is 0 Å². The van der Waals surface area contributed by atoms with E-state index >= 15 is 0 Å². The molecular weight excluding hydrogens is 298 g/mol. The van der Waals surface area contributed by atoms with Gasteiger partial charge in [-0.25, -0.2) is 0 Å². The van der Waals surface area contributed by atoms with Crippen LogP contribution in [0.15, 0.2) is 36.4 Å². The smallest absolute Gasteiger partial charge is 0.307 e. The van der Waals surface area contributed by atoms with E-state index < -0.39 is 5.97 Å². The molecule has 3 nitrogen and oxygen atoms in total. The minimum Gasteiger partial charge on any atom is -0.481 e. The molecule has 0 unspecified atom stereocenters. The van der Waals surface area contributed by atoms with Gasteiger partial charge in [0.05, 0.1) is 12.1 Å². The van der Waals surface area contributed by atoms with Gasteiger partial charge in [0.2, 0.25) is 0 Å². The number of aromatic nitrogens is 1. The first kappa shape index (κ1) is 16.3. The Morgan fingerprint density at radius 3 is 2.38 bits per heavy atom. The maximum Gasteiger partial charge on any atom is 0.307 e. The molecule has 0 radical (unpaired) electrons. The Balaban J connectivity index is 2.22. The van der Waals surface area contributed by atoms with Crippen LogP contribution in [-0.2, 0) is 11.2 Å². The number of carboxylic acid groups (broad SMARTS) is 1. The predicted octanol–water partition coefficient (Wildman–Crippen LogP) is 5.20. The molecule has 1 aromatic heterocycles. The Morgan fingerprint density at radius 2 is 1.79 bits per heavy atom. The van der Waals surface area contributed by atoms with E-state index in [1.54, 1.807) is 0 Å². The monoisotopic (exact) mass is 321 g/mol. The molecule has 0 saturated heterocycles. The van der Waals surface area contributed by atoms with Gasteiger partial charge in [0, 0.05) is 10.9 Å². The van der Waals surface area contributed by atoms with E-state index in [2.05, 4.69) is 62.2 Å². The molecule has 0 aliphatic carbocycles. The van der Waals surface area contributed by atoms with Gasteiger partial charge in [-0.2, -0.15) is 0 Å². The van der Waals surface area contributed by atoms with Crippen molar-refractivity contribution in [3.05, 3.63) is 58.7 Å². The van der Waals surface area contributed by atoms with Gasteiger partial charge in [-0.3, -0.25) is 4.79 Å². The number of carboxylic acids is 1. The fourth-order valence-corrected chi connectivity index (χ4v) is 3.32. The highest BCUT2D eigenvalue weighted by atomic mass is 16.4. The molecule has 3 heteroatoms. The molecule has 3 rings (SSSR count). The zero-order valence-corrected chi connectivity index (χ0v) is 14.6. The Kier molecular flexibility index (Phi) is 4.18. The van der Waals surface area contributed by atoms with Crippen LogP contribution in [-0.4, -0.2) is 16.1 Å². The van der Waals surface area contributed by atoms with Gasteiger partial charge in [0.15, 0.2) is 0 Å². The summed E-state index contributed by atoms with van der Waals surface area (Å²) >= 11 is 0. The van der Waals surface area contributed by atoms with Crippen LogP contribution in [0.3, 0.4) is 0 Å². The van der Waals surface area contributed by atoms with Gasteiger partial charge >= 0.3 is 5.97 Å². The highest BCUT2D eigenvalue weighted by Crippen LogP contribution is 2.33. The summed E-state index contributed by atoms with van der Waals surface area (Å²) < 4.78 is 0. The molecule has 3 aromatic rings. The Labute approximate surface area is 142 Å². The maximum absolute atomic E-state index is 11.4. The first-order chi connectivity index (χ1) is 11.4. The number of aryl methyl sites for hydroxylation is 2. The van der Waals surface area contributed by atoms with Crippen LogP contribution < -0.4 is 0 Å². The number of aromatic amines is 1. The maximum atomic E-state index is 11.4. The van der Waals surface area contributed by atoms with Crippen molar-refractivity contribution in [3.8, 4) is 11.3 Å². The average Bonchev–Trinajstić information content (AvgIpc) is 2.86. The minimum atomic E-state index is -0.810. The lowest BCUT2D eigenvalue weighted by Crippen LogP contribution is -2.01. The average molecular weight is 321 g/mol. The van der Waals surface area contributed by atoms with Crippen LogP contribution >= 0.6 is 0 Å². The summed E-state index contributed by atoms with van der Waals surface area (Å²) in [6, 6.07) is 12.6. The SMILES string of the molecule is Cc1cc(C)c2[nH]c(-c3ccc(C(C)C)cc3)c(CC(=O)O)c2c1. The number of carbonyl (C=O) groups is 1. The van der Waals surface area contributed by atoms with Crippen molar-refractivity contribution in [2.24, 2.45) is 0 Å². The lowest BCUT2D eigenvalue weighted by molar-refractivity contribution is -0.136. The van der Waals surface area contributed by atoms with Crippen LogP contribution in [0.1, 0.15) is 42.0 Å². The second-order valence-electron chi connectivity index (χ2n) is 6.83. The van der Waals surface area contributed by atoms with E-state index in [4.69, 9.17) is 0 Å². The highest BCUT2D eigenvalue weighted by molar-refractivity contribution is 5.95. The summed E-state index contributed by atoms with van der Waals surface area (Å²) in [4.78, 5) is 14.9. The zero-order valence-electron chi connectivity index (χ0n) is 14.6. The third-order valence-electron chi connectivity index (χ3n) is 4.55. The van der Waals surface area contributed by atoms with E-state index in [0.29, 0.717) is 5.92 Å². The van der Waals surface area contributed by atoms with Crippen LogP contribution in [0.4, 0.5) is 0 Å². The van der Waals surface area contributed by atoms with E-state index in [1.165, 1.54) is 5.56 Å². The normalized spacial score (nSPS) is 11.4. The molecule has 0 amide bonds. The van der Waals surface area contributed by atoms with Gasteiger partial charge < -0.3 is 10.1 Å². The lowest BCUT2D eigenvalue weighted by atomic mass is 9.97. The number of H-pyrrole nitrogens is 1. The van der Waals surface area contributed by atoms with E-state index in [1.807, 2.05) is 6.92 Å². The lowest BCUT2D eigenvalue weighted by Gasteiger charge is -2.07. The number of benzene rings is 2. The molecule has 24 heavy (non-hydrogen) atoms. The van der Waals surface area contributed by atoms with E-state index in [-0.39, 0.29) is 6.42 Å². The van der Waals surface area contributed by atoms with Gasteiger partial charge in [-0.1, -0.05) is 49.7 Å². The highest BCUT2D eigenvalue weighted by Gasteiger charge is 2.17. The molecule has 0 bridgehead atoms. The minimum absolute atomic E-state index is 0.0180. The molecule has 0 fully saturated rings. The van der Waals surface area contributed by atoms with Crippen molar-refractivity contribution in [2.45, 2.75) is 40.0 Å². The number of aliphatic carboxylic acids is 1. The van der Waals surface area contributed by atoms with Gasteiger partial charge in [-0.05, 0) is 48.1 Å². The second kappa shape index (κ2) is 6.16. The summed E-state index contributed by atoms with van der Waals surface area (Å²) in [5.41, 5.74) is 7.40. The van der Waals surface area contributed by atoms with Crippen LogP contribution in [0.25, 0.3) is 22.2 Å². The molecule has 2 aromatic carbocycles. The first-order valence-electron chi connectivity index (χ1n) is 8.30. The standard InChI is InChI=1S/C21H23NO2/c1-12(2)15-5-7-16(8-6-15)21-18(11-19(23)24)17-10-13(3)9-14(4)20(17)22-21/h5-10,12,22H,11H2,1-4H3,(H,23,24). The molecule has 0 atom stereocenters. The third kappa shape index (κ3) is 2.94. The number of nitrogens with one attached hydrogen (secondary N) is 1. The molecule has 0 aliphatic rings. The van der Waals surface area contributed by atoms with Gasteiger partial charge in [-0.15, -0.1) is 0 Å². The number of fused-ring (bicyclic) bond motifs is 1. The summed E-state index contributed by atoms with van der Waals surface area (Å²) in [5, 5.41) is 10.4. The summed E-state index contributed by atoms with van der Waals surface area (Å²) in [6.45, 7) is 8.43. The summed E-state index contributed by atoms with van der Waals surface area (Å²) in [6.07, 6.45) is 0.0180. The molecule has 0 aliphatic heterocycles. The van der Waals surface area contributed by atoms with Gasteiger partial charge in [0.25, 0.3) is 0 Å². The Bertz CT molecular complexity index is 902. The van der Waals surface area contributed by atoms with Crippen molar-refractivity contribution in [1.29, 1.82) is 0 Å². The fraction of sp³-hybridized carbons (Fsp3) is 0.286. The largest absolute Gasteiger partial charge is 0.481 e. The zero-order chi connectivity index (χ0) is 17.4. The first-order valence-corrected chi connectivity index (χ1v) is 8.30. The number of hydrogen-bond donors (Lipinski definition) is 2. The van der Waals surface area contributed by atoms with Gasteiger partial charge in [0.1, 0.15) is 0 Å². The topological polar surface area (TPSA) is 53.1 Å². The van der Waals surface area contributed by atoms with E-state index in [0.717, 1.165) is 38.9 Å². The molecular formula is C21H23NO2. The van der Waals surface area contributed by atoms with Crippen molar-refractivity contribution >= 4 is 16.9 Å². The van der Waals surface area contributed by atoms with E-state index in [9.17, 15) is 9.90 Å². The third-order valence-corrected chi connectivity index (χ3v) is 4.55. The fourth-order valence-electron chi connectivity index (χ4n) is 3.32. The van der Waals surface area contributed by atoms with Crippen molar-refractivity contribution in [1.82, 2.24) is 4.98 Å². The summed E-state index contributed by atoms with van der Waals surface area (Å²) in [7, 11) is 0. The summed E-state index contributed by atoms with van der Waals surface area (Å²) in [5.74, 6) is -0.333. The van der Waals surface area contributed by atoms with Crippen LogP contribution in [0.2, 0.25) is 0 Å².